The maximum atomic E-state index is 12.2. The largest absolute Gasteiger partial charge is 0.468 e. The minimum atomic E-state index is -0.831. The first-order valence-electron chi connectivity index (χ1n) is 6.37. The molecule has 2 heterocycles. The lowest BCUT2D eigenvalue weighted by atomic mass is 10.1. The fraction of sp³-hybridized carbons (Fsp3) is 0.286. The maximum Gasteiger partial charge on any atom is 0.325 e. The van der Waals surface area contributed by atoms with E-state index < -0.39 is 29.7 Å². The Morgan fingerprint density at radius 3 is 2.24 bits per heavy atom. The molecule has 1 atom stereocenters. The molecule has 0 radical (unpaired) electrons. The number of hydrogen-bond donors (Lipinski definition) is 0. The van der Waals surface area contributed by atoms with E-state index in [4.69, 9.17) is 0 Å². The number of likely N-dealkylation sites (tertiary alicyclic amines) is 1. The van der Waals surface area contributed by atoms with Crippen LogP contribution in [0, 0.1) is 0 Å². The molecule has 0 aliphatic carbocycles. The molecule has 3 amide bonds. The molecule has 0 bridgehead atoms. The monoisotopic (exact) mass is 288 g/mol. The Morgan fingerprint density at radius 2 is 1.76 bits per heavy atom. The van der Waals surface area contributed by atoms with Crippen molar-refractivity contribution >= 4 is 23.7 Å². The second kappa shape index (κ2) is 4.69. The van der Waals surface area contributed by atoms with Crippen LogP contribution in [0.2, 0.25) is 0 Å². The number of nitrogens with zero attached hydrogens (tertiary/aromatic N) is 2. The number of β-lactam (4-membered cyclic amide) rings is 1. The van der Waals surface area contributed by atoms with E-state index in [2.05, 4.69) is 4.74 Å². The highest BCUT2D eigenvalue weighted by atomic mass is 16.5. The van der Waals surface area contributed by atoms with Crippen LogP contribution in [0.15, 0.2) is 24.3 Å². The Bertz CT molecular complexity index is 634. The highest BCUT2D eigenvalue weighted by Crippen LogP contribution is 2.28. The normalized spacial score (nSPS) is 20.4. The van der Waals surface area contributed by atoms with Crippen molar-refractivity contribution in [1.29, 1.82) is 0 Å². The van der Waals surface area contributed by atoms with Crippen molar-refractivity contribution in [3.63, 3.8) is 0 Å². The predicted octanol–water partition coefficient (Wildman–Crippen LogP) is -0.334. The third kappa shape index (κ3) is 1.89. The number of carbonyl (C=O) groups is 4. The van der Waals surface area contributed by atoms with E-state index in [1.807, 2.05) is 0 Å². The number of ether oxygens (including phenoxy) is 1. The molecule has 3 rings (SSSR count). The lowest BCUT2D eigenvalue weighted by Crippen LogP contribution is -2.65. The van der Waals surface area contributed by atoms with Crippen LogP contribution in [0.4, 0.5) is 0 Å². The second-order valence-electron chi connectivity index (χ2n) is 4.84. The van der Waals surface area contributed by atoms with Gasteiger partial charge >= 0.3 is 5.97 Å². The first-order valence-corrected chi connectivity index (χ1v) is 6.37. The quantitative estimate of drug-likeness (QED) is 0.432. The first-order chi connectivity index (χ1) is 10.0. The zero-order chi connectivity index (χ0) is 15.1. The molecule has 1 fully saturated rings. The predicted molar refractivity (Wildman–Crippen MR) is 69.3 cm³/mol. The second-order valence-corrected chi connectivity index (χ2v) is 4.84. The van der Waals surface area contributed by atoms with Crippen LogP contribution in [0.3, 0.4) is 0 Å². The summed E-state index contributed by atoms with van der Waals surface area (Å²) in [7, 11) is 1.23. The average Bonchev–Trinajstić information content (AvgIpc) is 2.75. The number of hydrogen-bond acceptors (Lipinski definition) is 5. The Hall–Kier alpha value is -2.70. The van der Waals surface area contributed by atoms with Crippen molar-refractivity contribution in [2.75, 3.05) is 20.2 Å². The highest BCUT2D eigenvalue weighted by molar-refractivity contribution is 6.23. The number of rotatable bonds is 3. The zero-order valence-corrected chi connectivity index (χ0v) is 11.2. The van der Waals surface area contributed by atoms with Crippen molar-refractivity contribution in [3.05, 3.63) is 35.4 Å². The first kappa shape index (κ1) is 13.3. The zero-order valence-electron chi connectivity index (χ0n) is 11.2. The van der Waals surface area contributed by atoms with Gasteiger partial charge in [0.25, 0.3) is 11.8 Å². The minimum absolute atomic E-state index is 0.152. The van der Waals surface area contributed by atoms with Crippen molar-refractivity contribution in [1.82, 2.24) is 9.80 Å². The van der Waals surface area contributed by atoms with Gasteiger partial charge in [-0.15, -0.1) is 0 Å². The molecule has 1 aromatic rings. The summed E-state index contributed by atoms with van der Waals surface area (Å²) < 4.78 is 4.48. The van der Waals surface area contributed by atoms with Crippen LogP contribution < -0.4 is 0 Å². The molecular weight excluding hydrogens is 276 g/mol. The van der Waals surface area contributed by atoms with E-state index in [1.165, 1.54) is 12.0 Å². The van der Waals surface area contributed by atoms with Gasteiger partial charge in [0.1, 0.15) is 12.6 Å². The van der Waals surface area contributed by atoms with Crippen LogP contribution in [0.1, 0.15) is 20.7 Å². The molecule has 108 valence electrons. The van der Waals surface area contributed by atoms with Crippen LogP contribution in [0.25, 0.3) is 0 Å². The number of fused-ring (bicyclic) bond motifs is 1. The molecule has 2 aliphatic rings. The summed E-state index contributed by atoms with van der Waals surface area (Å²) in [4.78, 5) is 49.8. The van der Waals surface area contributed by atoms with E-state index in [-0.39, 0.29) is 13.1 Å². The Balaban J connectivity index is 1.76. The summed E-state index contributed by atoms with van der Waals surface area (Å²) in [6.45, 7) is -0.0194. The summed E-state index contributed by atoms with van der Waals surface area (Å²) >= 11 is 0. The summed E-state index contributed by atoms with van der Waals surface area (Å²) in [5.41, 5.74) is 0.614. The van der Waals surface area contributed by atoms with Gasteiger partial charge in [-0.25, -0.2) is 0 Å². The molecule has 7 heteroatoms. The minimum Gasteiger partial charge on any atom is -0.468 e. The molecule has 1 saturated heterocycles. The number of carbonyl (C=O) groups excluding carboxylic acids is 4. The third-order valence-electron chi connectivity index (χ3n) is 3.67. The molecule has 1 aromatic carbocycles. The smallest absolute Gasteiger partial charge is 0.325 e. The van der Waals surface area contributed by atoms with E-state index in [0.29, 0.717) is 11.1 Å². The molecule has 2 aliphatic heterocycles. The number of amides is 3. The lowest BCUT2D eigenvalue weighted by molar-refractivity contribution is -0.156. The van der Waals surface area contributed by atoms with Gasteiger partial charge in [0.2, 0.25) is 5.91 Å². The van der Waals surface area contributed by atoms with Gasteiger partial charge in [0.05, 0.1) is 24.8 Å². The van der Waals surface area contributed by atoms with Crippen LogP contribution in [-0.2, 0) is 14.3 Å². The Kier molecular flexibility index (Phi) is 2.97. The fourth-order valence-corrected chi connectivity index (χ4v) is 2.52. The topological polar surface area (TPSA) is 84.0 Å². The van der Waals surface area contributed by atoms with Gasteiger partial charge < -0.3 is 9.64 Å². The number of methoxy groups -OCH3 is 1. The lowest BCUT2D eigenvalue weighted by Gasteiger charge is -2.41. The van der Waals surface area contributed by atoms with Crippen molar-refractivity contribution in [2.45, 2.75) is 6.04 Å². The van der Waals surface area contributed by atoms with Gasteiger partial charge in [-0.2, -0.15) is 0 Å². The standard InChI is InChI=1S/C14H12N2O5/c1-21-11(17)7-15-6-10(14(15)20)16-12(18)8-4-2-3-5-9(8)13(16)19/h2-5,10H,6-7H2,1H3. The van der Waals surface area contributed by atoms with E-state index in [1.54, 1.807) is 24.3 Å². The molecule has 0 aromatic heterocycles. The Morgan fingerprint density at radius 1 is 1.19 bits per heavy atom. The van der Waals surface area contributed by atoms with Gasteiger partial charge in [-0.1, -0.05) is 12.1 Å². The summed E-state index contributed by atoms with van der Waals surface area (Å²) in [6.07, 6.45) is 0. The van der Waals surface area contributed by atoms with Crippen LogP contribution >= 0.6 is 0 Å². The molecule has 0 spiro atoms. The molecule has 7 nitrogen and oxygen atoms in total. The van der Waals surface area contributed by atoms with E-state index in [0.717, 1.165) is 4.90 Å². The van der Waals surface area contributed by atoms with Crippen LogP contribution in [-0.4, -0.2) is 59.7 Å². The highest BCUT2D eigenvalue weighted by Gasteiger charge is 2.50. The summed E-state index contributed by atoms with van der Waals surface area (Å²) in [5.74, 6) is -1.89. The number of esters is 1. The molecule has 21 heavy (non-hydrogen) atoms. The number of benzene rings is 1. The van der Waals surface area contributed by atoms with Crippen molar-refractivity contribution < 1.29 is 23.9 Å². The van der Waals surface area contributed by atoms with Gasteiger partial charge in [-0.3, -0.25) is 24.1 Å². The SMILES string of the molecule is COC(=O)CN1CC(N2C(=O)c3ccccc3C2=O)C1=O. The molecular formula is C14H12N2O5. The Labute approximate surface area is 120 Å². The third-order valence-corrected chi connectivity index (χ3v) is 3.67. The summed E-state index contributed by atoms with van der Waals surface area (Å²) in [5, 5.41) is 0. The fourth-order valence-electron chi connectivity index (χ4n) is 2.52. The van der Waals surface area contributed by atoms with Gasteiger partial charge in [0.15, 0.2) is 0 Å². The van der Waals surface area contributed by atoms with E-state index in [9.17, 15) is 19.2 Å². The maximum absolute atomic E-state index is 12.2. The number of imide groups is 1. The molecule has 0 saturated carbocycles. The van der Waals surface area contributed by atoms with Crippen LogP contribution in [0.5, 0.6) is 0 Å². The summed E-state index contributed by atoms with van der Waals surface area (Å²) in [6, 6.07) is 5.62. The van der Waals surface area contributed by atoms with Gasteiger partial charge in [-0.05, 0) is 12.1 Å². The van der Waals surface area contributed by atoms with Gasteiger partial charge in [0, 0.05) is 0 Å². The molecule has 1 unspecified atom stereocenters. The van der Waals surface area contributed by atoms with Crippen molar-refractivity contribution in [2.24, 2.45) is 0 Å². The van der Waals surface area contributed by atoms with Crippen molar-refractivity contribution in [3.8, 4) is 0 Å². The van der Waals surface area contributed by atoms with E-state index >= 15 is 0 Å². The molecule has 0 N–H and O–H groups in total. The average molecular weight is 288 g/mol.